The molecule has 0 unspecified atom stereocenters. The van der Waals surface area contributed by atoms with Crippen LogP contribution < -0.4 is 5.32 Å². The molecule has 0 aliphatic carbocycles. The fraction of sp³-hybridized carbons (Fsp3) is 0.333. The highest BCUT2D eigenvalue weighted by molar-refractivity contribution is 8.00. The van der Waals surface area contributed by atoms with Crippen LogP contribution in [-0.4, -0.2) is 40.9 Å². The Morgan fingerprint density at radius 2 is 1.92 bits per heavy atom. The van der Waals surface area contributed by atoms with Crippen molar-refractivity contribution in [1.29, 1.82) is 0 Å². The molecule has 0 saturated heterocycles. The molecule has 1 heterocycles. The van der Waals surface area contributed by atoms with Crippen LogP contribution in [0.4, 0.5) is 5.82 Å². The maximum absolute atomic E-state index is 12.0. The van der Waals surface area contributed by atoms with Gasteiger partial charge in [0, 0.05) is 11.6 Å². The van der Waals surface area contributed by atoms with Crippen LogP contribution in [0.2, 0.25) is 0 Å². The first-order chi connectivity index (χ1) is 12.5. The number of nitrogens with zero attached hydrogens (tertiary/aromatic N) is 1. The van der Waals surface area contributed by atoms with Crippen LogP contribution in [0.5, 0.6) is 0 Å². The second-order valence-corrected chi connectivity index (χ2v) is 6.48. The first kappa shape index (κ1) is 19.7. The van der Waals surface area contributed by atoms with Crippen LogP contribution in [0.15, 0.2) is 34.9 Å². The summed E-state index contributed by atoms with van der Waals surface area (Å²) in [6, 6.07) is 8.79. The van der Waals surface area contributed by atoms with Gasteiger partial charge >= 0.3 is 5.97 Å². The van der Waals surface area contributed by atoms with E-state index in [0.29, 0.717) is 17.1 Å². The first-order valence-electron chi connectivity index (χ1n) is 8.06. The molecule has 26 heavy (non-hydrogen) atoms. The Kier molecular flexibility index (Phi) is 7.40. The van der Waals surface area contributed by atoms with E-state index in [2.05, 4.69) is 10.5 Å². The number of amides is 1. The maximum atomic E-state index is 12.0. The van der Waals surface area contributed by atoms with Crippen molar-refractivity contribution in [2.75, 3.05) is 23.4 Å². The molecule has 0 atom stereocenters. The molecule has 1 aromatic carbocycles. The molecule has 0 saturated carbocycles. The maximum Gasteiger partial charge on any atom is 0.316 e. The fourth-order valence-corrected chi connectivity index (χ4v) is 2.64. The summed E-state index contributed by atoms with van der Waals surface area (Å²) in [5.41, 5.74) is 1.64. The van der Waals surface area contributed by atoms with E-state index in [-0.39, 0.29) is 29.8 Å². The van der Waals surface area contributed by atoms with E-state index in [1.54, 1.807) is 25.1 Å². The molecular formula is C18H20N2O5S. The number of Topliss-reactive ketones (excluding diaryl/α,β-unsaturated/α-hetero) is 1. The zero-order valence-corrected chi connectivity index (χ0v) is 15.4. The number of rotatable bonds is 9. The van der Waals surface area contributed by atoms with Gasteiger partial charge in [0.15, 0.2) is 18.2 Å². The molecule has 2 aromatic rings. The number of ether oxygens (including phenoxy) is 1. The minimum atomic E-state index is -0.543. The van der Waals surface area contributed by atoms with Gasteiger partial charge in [-0.3, -0.25) is 14.4 Å². The summed E-state index contributed by atoms with van der Waals surface area (Å²) in [6.45, 7) is 3.44. The lowest BCUT2D eigenvalue weighted by Gasteiger charge is -2.05. The number of carbonyl (C=O) groups excluding carboxylic acids is 3. The Morgan fingerprint density at radius 3 is 2.54 bits per heavy atom. The molecule has 0 radical (unpaired) electrons. The third-order valence-electron chi connectivity index (χ3n) is 3.40. The Hall–Kier alpha value is -2.61. The molecule has 0 fully saturated rings. The third kappa shape index (κ3) is 6.36. The number of aryl methyl sites for hydroxylation is 2. The van der Waals surface area contributed by atoms with Crippen LogP contribution in [-0.2, 0) is 20.7 Å². The number of nitrogens with one attached hydrogen (secondary N) is 1. The predicted octanol–water partition coefficient (Wildman–Crippen LogP) is 2.64. The highest BCUT2D eigenvalue weighted by atomic mass is 32.2. The molecule has 0 aliphatic rings. The molecule has 0 aliphatic heterocycles. The van der Waals surface area contributed by atoms with Gasteiger partial charge < -0.3 is 14.6 Å². The third-order valence-corrected chi connectivity index (χ3v) is 4.30. The molecule has 0 bridgehead atoms. The Labute approximate surface area is 155 Å². The van der Waals surface area contributed by atoms with Gasteiger partial charge in [-0.15, -0.1) is 11.8 Å². The summed E-state index contributed by atoms with van der Waals surface area (Å²) in [6.07, 6.45) is 0.893. The van der Waals surface area contributed by atoms with Crippen LogP contribution in [0.1, 0.15) is 28.6 Å². The van der Waals surface area contributed by atoms with Crippen molar-refractivity contribution >= 4 is 35.2 Å². The predicted molar refractivity (Wildman–Crippen MR) is 98.3 cm³/mol. The van der Waals surface area contributed by atoms with Crippen LogP contribution in [0.25, 0.3) is 0 Å². The zero-order valence-electron chi connectivity index (χ0n) is 14.6. The van der Waals surface area contributed by atoms with Gasteiger partial charge in [0.05, 0.1) is 11.5 Å². The topological polar surface area (TPSA) is 98.5 Å². The normalized spacial score (nSPS) is 10.4. The smallest absolute Gasteiger partial charge is 0.316 e. The number of hydrogen-bond donors (Lipinski definition) is 1. The molecule has 1 N–H and O–H groups in total. The number of esters is 1. The molecule has 0 spiro atoms. The second kappa shape index (κ2) is 9.76. The Morgan fingerprint density at radius 1 is 1.19 bits per heavy atom. The number of thioether (sulfide) groups is 1. The average molecular weight is 376 g/mol. The summed E-state index contributed by atoms with van der Waals surface area (Å²) in [5, 5.41) is 6.19. The highest BCUT2D eigenvalue weighted by Crippen LogP contribution is 2.09. The van der Waals surface area contributed by atoms with E-state index in [0.717, 1.165) is 23.7 Å². The SMILES string of the molecule is CCc1ccc(C(=O)COC(=O)CSCC(=O)Nc2cc(C)on2)cc1. The standard InChI is InChI=1S/C18H20N2O5S/c1-3-13-4-6-14(7-5-13)15(21)9-24-18(23)11-26-10-17(22)19-16-8-12(2)25-20-16/h4-8H,3,9-11H2,1-2H3,(H,19,20,22). The van der Waals surface area contributed by atoms with Gasteiger partial charge in [0.25, 0.3) is 0 Å². The monoisotopic (exact) mass is 376 g/mol. The van der Waals surface area contributed by atoms with E-state index in [1.807, 2.05) is 19.1 Å². The second-order valence-electron chi connectivity index (χ2n) is 5.50. The quantitative estimate of drug-likeness (QED) is 0.530. The molecule has 2 rings (SSSR count). The molecule has 8 heteroatoms. The lowest BCUT2D eigenvalue weighted by molar-refractivity contribution is -0.139. The van der Waals surface area contributed by atoms with Gasteiger partial charge in [-0.1, -0.05) is 36.3 Å². The van der Waals surface area contributed by atoms with Crippen LogP contribution >= 0.6 is 11.8 Å². The number of hydrogen-bond acceptors (Lipinski definition) is 7. The summed E-state index contributed by atoms with van der Waals surface area (Å²) in [7, 11) is 0. The van der Waals surface area contributed by atoms with E-state index in [1.165, 1.54) is 0 Å². The molecule has 138 valence electrons. The number of benzene rings is 1. The van der Waals surface area contributed by atoms with Crippen molar-refractivity contribution < 1.29 is 23.6 Å². The summed E-state index contributed by atoms with van der Waals surface area (Å²) >= 11 is 1.09. The van der Waals surface area contributed by atoms with Gasteiger partial charge in [-0.25, -0.2) is 0 Å². The molecular weight excluding hydrogens is 356 g/mol. The summed E-state index contributed by atoms with van der Waals surface area (Å²) < 4.78 is 9.78. The summed E-state index contributed by atoms with van der Waals surface area (Å²) in [5.74, 6) is -0.145. The first-order valence-corrected chi connectivity index (χ1v) is 9.22. The van der Waals surface area contributed by atoms with E-state index in [4.69, 9.17) is 9.26 Å². The minimum Gasteiger partial charge on any atom is -0.457 e. The molecule has 7 nitrogen and oxygen atoms in total. The zero-order chi connectivity index (χ0) is 18.9. The Bertz CT molecular complexity index is 770. The van der Waals surface area contributed by atoms with Crippen molar-refractivity contribution in [3.63, 3.8) is 0 Å². The minimum absolute atomic E-state index is 0.0205. The number of anilines is 1. The number of aromatic nitrogens is 1. The van der Waals surface area contributed by atoms with Crippen molar-refractivity contribution in [2.45, 2.75) is 20.3 Å². The van der Waals surface area contributed by atoms with Gasteiger partial charge in [0.1, 0.15) is 5.76 Å². The van der Waals surface area contributed by atoms with Gasteiger partial charge in [-0.05, 0) is 18.9 Å². The fourth-order valence-electron chi connectivity index (χ4n) is 2.03. The van der Waals surface area contributed by atoms with Crippen molar-refractivity contribution in [3.05, 3.63) is 47.2 Å². The average Bonchev–Trinajstić information content (AvgIpc) is 3.04. The van der Waals surface area contributed by atoms with Crippen molar-refractivity contribution in [1.82, 2.24) is 5.16 Å². The van der Waals surface area contributed by atoms with Gasteiger partial charge in [0.2, 0.25) is 5.91 Å². The molecule has 1 amide bonds. The van der Waals surface area contributed by atoms with Crippen molar-refractivity contribution in [3.8, 4) is 0 Å². The van der Waals surface area contributed by atoms with E-state index >= 15 is 0 Å². The van der Waals surface area contributed by atoms with Crippen molar-refractivity contribution in [2.24, 2.45) is 0 Å². The Balaban J connectivity index is 1.65. The van der Waals surface area contributed by atoms with Gasteiger partial charge in [-0.2, -0.15) is 0 Å². The number of ketones is 1. The summed E-state index contributed by atoms with van der Waals surface area (Å²) in [4.78, 5) is 35.3. The van der Waals surface area contributed by atoms with Crippen LogP contribution in [0.3, 0.4) is 0 Å². The lowest BCUT2D eigenvalue weighted by Crippen LogP contribution is -2.18. The number of carbonyl (C=O) groups is 3. The van der Waals surface area contributed by atoms with Crippen LogP contribution in [0, 0.1) is 6.92 Å². The molecule has 1 aromatic heterocycles. The highest BCUT2D eigenvalue weighted by Gasteiger charge is 2.12. The largest absolute Gasteiger partial charge is 0.457 e. The lowest BCUT2D eigenvalue weighted by atomic mass is 10.1. The van der Waals surface area contributed by atoms with E-state index < -0.39 is 5.97 Å². The van der Waals surface area contributed by atoms with E-state index in [9.17, 15) is 14.4 Å².